The number of amides is 2. The molecule has 0 unspecified atom stereocenters. The van der Waals surface area contributed by atoms with Gasteiger partial charge in [0.2, 0.25) is 0 Å². The average molecular weight is 376 g/mol. The number of aryl methyl sites for hydroxylation is 2. The predicted octanol–water partition coefficient (Wildman–Crippen LogP) is 4.62. The maximum absolute atomic E-state index is 12.9. The zero-order valence-electron chi connectivity index (χ0n) is 15.8. The highest BCUT2D eigenvalue weighted by molar-refractivity contribution is 6.06. The van der Waals surface area contributed by atoms with Crippen LogP contribution in [0.3, 0.4) is 0 Å². The van der Waals surface area contributed by atoms with Crippen LogP contribution in [-0.2, 0) is 6.54 Å². The minimum Gasteiger partial charge on any atom is -0.348 e. The second-order valence-corrected chi connectivity index (χ2v) is 6.66. The van der Waals surface area contributed by atoms with E-state index in [4.69, 9.17) is 0 Å². The third-order valence-corrected chi connectivity index (χ3v) is 4.38. The molecule has 3 aromatic rings. The number of hydrogen-bond donors (Lipinski definition) is 2. The second kappa shape index (κ2) is 8.48. The molecular weight excluding hydrogens is 355 g/mol. The summed E-state index contributed by atoms with van der Waals surface area (Å²) in [6, 6.07) is 18.2. The summed E-state index contributed by atoms with van der Waals surface area (Å²) in [5.74, 6) is -0.900. The normalized spacial score (nSPS) is 10.4. The van der Waals surface area contributed by atoms with E-state index in [1.54, 1.807) is 36.4 Å². The van der Waals surface area contributed by atoms with Gasteiger partial charge in [-0.25, -0.2) is 4.39 Å². The Hall–Kier alpha value is -3.47. The largest absolute Gasteiger partial charge is 0.348 e. The van der Waals surface area contributed by atoms with Crippen molar-refractivity contribution in [2.24, 2.45) is 0 Å². The van der Waals surface area contributed by atoms with Gasteiger partial charge in [0.1, 0.15) is 5.82 Å². The van der Waals surface area contributed by atoms with Gasteiger partial charge in [0, 0.05) is 23.4 Å². The Morgan fingerprint density at radius 1 is 0.857 bits per heavy atom. The van der Waals surface area contributed by atoms with Crippen LogP contribution in [0.15, 0.2) is 66.7 Å². The van der Waals surface area contributed by atoms with E-state index >= 15 is 0 Å². The van der Waals surface area contributed by atoms with Gasteiger partial charge in [-0.3, -0.25) is 9.59 Å². The monoisotopic (exact) mass is 376 g/mol. The summed E-state index contributed by atoms with van der Waals surface area (Å²) in [6.45, 7) is 4.20. The molecule has 0 fully saturated rings. The van der Waals surface area contributed by atoms with E-state index in [1.807, 2.05) is 32.0 Å². The molecule has 0 spiro atoms. The smallest absolute Gasteiger partial charge is 0.255 e. The van der Waals surface area contributed by atoms with Crippen molar-refractivity contribution in [1.82, 2.24) is 5.32 Å². The highest BCUT2D eigenvalue weighted by Gasteiger charge is 2.12. The van der Waals surface area contributed by atoms with Crippen LogP contribution in [0.25, 0.3) is 0 Å². The lowest BCUT2D eigenvalue weighted by Gasteiger charge is -2.10. The van der Waals surface area contributed by atoms with Gasteiger partial charge in [0.05, 0.1) is 0 Å². The van der Waals surface area contributed by atoms with Crippen LogP contribution in [0.4, 0.5) is 10.1 Å². The lowest BCUT2D eigenvalue weighted by Crippen LogP contribution is -2.23. The lowest BCUT2D eigenvalue weighted by atomic mass is 10.1. The molecular formula is C23H21FN2O2. The van der Waals surface area contributed by atoms with E-state index in [0.29, 0.717) is 11.1 Å². The first-order valence-electron chi connectivity index (χ1n) is 8.94. The average Bonchev–Trinajstić information content (AvgIpc) is 2.69. The molecule has 3 aromatic carbocycles. The van der Waals surface area contributed by atoms with Gasteiger partial charge >= 0.3 is 0 Å². The molecule has 0 saturated carbocycles. The molecule has 142 valence electrons. The lowest BCUT2D eigenvalue weighted by molar-refractivity contribution is 0.0951. The molecule has 0 saturated heterocycles. The molecule has 2 amide bonds. The minimum absolute atomic E-state index is 0.276. The summed E-state index contributed by atoms with van der Waals surface area (Å²) in [7, 11) is 0. The van der Waals surface area contributed by atoms with E-state index in [1.165, 1.54) is 12.1 Å². The van der Waals surface area contributed by atoms with E-state index in [9.17, 15) is 14.0 Å². The first-order valence-corrected chi connectivity index (χ1v) is 8.94. The molecule has 0 aliphatic carbocycles. The first-order chi connectivity index (χ1) is 13.4. The number of rotatable bonds is 5. The summed E-state index contributed by atoms with van der Waals surface area (Å²) in [5, 5.41) is 5.65. The van der Waals surface area contributed by atoms with E-state index in [2.05, 4.69) is 10.6 Å². The Morgan fingerprint density at radius 3 is 2.21 bits per heavy atom. The van der Waals surface area contributed by atoms with Gasteiger partial charge in [-0.2, -0.15) is 0 Å². The maximum atomic E-state index is 12.9. The third-order valence-electron chi connectivity index (χ3n) is 4.38. The minimum atomic E-state index is -0.322. The maximum Gasteiger partial charge on any atom is 0.255 e. The number of anilines is 1. The number of halogens is 1. The first kappa shape index (κ1) is 19.3. The van der Waals surface area contributed by atoms with Gasteiger partial charge in [-0.1, -0.05) is 35.9 Å². The van der Waals surface area contributed by atoms with Crippen molar-refractivity contribution in [2.75, 3.05) is 5.32 Å². The highest BCUT2D eigenvalue weighted by Crippen LogP contribution is 2.17. The van der Waals surface area contributed by atoms with E-state index < -0.39 is 0 Å². The fourth-order valence-electron chi connectivity index (χ4n) is 2.84. The number of benzene rings is 3. The Balaban J connectivity index is 1.67. The van der Waals surface area contributed by atoms with Crippen LogP contribution in [0.5, 0.6) is 0 Å². The second-order valence-electron chi connectivity index (χ2n) is 6.66. The van der Waals surface area contributed by atoms with Crippen molar-refractivity contribution in [2.45, 2.75) is 20.4 Å². The third kappa shape index (κ3) is 4.82. The fraction of sp³-hybridized carbons (Fsp3) is 0.130. The molecule has 28 heavy (non-hydrogen) atoms. The number of carbonyl (C=O) groups is 2. The number of carbonyl (C=O) groups excluding carboxylic acids is 2. The van der Waals surface area contributed by atoms with Crippen molar-refractivity contribution in [3.8, 4) is 0 Å². The summed E-state index contributed by atoms with van der Waals surface area (Å²) >= 11 is 0. The van der Waals surface area contributed by atoms with Crippen LogP contribution >= 0.6 is 0 Å². The topological polar surface area (TPSA) is 58.2 Å². The SMILES string of the molecule is Cc1ccc(NC(=O)c2cccc(C(=O)NCc3ccc(F)cc3)c2)c(C)c1. The molecule has 3 rings (SSSR count). The summed E-state index contributed by atoms with van der Waals surface area (Å²) in [4.78, 5) is 25.0. The molecule has 0 aromatic heterocycles. The quantitative estimate of drug-likeness (QED) is 0.682. The molecule has 0 aliphatic heterocycles. The summed E-state index contributed by atoms with van der Waals surface area (Å²) < 4.78 is 12.9. The van der Waals surface area contributed by atoms with Crippen molar-refractivity contribution in [1.29, 1.82) is 0 Å². The van der Waals surface area contributed by atoms with E-state index in [-0.39, 0.29) is 24.2 Å². The molecule has 0 bridgehead atoms. The van der Waals surface area contributed by atoms with Gasteiger partial charge in [-0.15, -0.1) is 0 Å². The summed E-state index contributed by atoms with van der Waals surface area (Å²) in [5.41, 5.74) is 4.40. The van der Waals surface area contributed by atoms with Crippen molar-refractivity contribution >= 4 is 17.5 Å². The van der Waals surface area contributed by atoms with Crippen LogP contribution in [0, 0.1) is 19.7 Å². The summed E-state index contributed by atoms with van der Waals surface area (Å²) in [6.07, 6.45) is 0. The number of hydrogen-bond acceptors (Lipinski definition) is 2. The highest BCUT2D eigenvalue weighted by atomic mass is 19.1. The Kier molecular flexibility index (Phi) is 5.84. The molecule has 2 N–H and O–H groups in total. The predicted molar refractivity (Wildman–Crippen MR) is 108 cm³/mol. The fourth-order valence-corrected chi connectivity index (χ4v) is 2.84. The van der Waals surface area contributed by atoms with Crippen molar-refractivity contribution in [3.63, 3.8) is 0 Å². The molecule has 4 nitrogen and oxygen atoms in total. The zero-order chi connectivity index (χ0) is 20.1. The van der Waals surface area contributed by atoms with Crippen LogP contribution in [0.1, 0.15) is 37.4 Å². The Bertz CT molecular complexity index is 1010. The number of nitrogens with one attached hydrogen (secondary N) is 2. The Labute approximate surface area is 163 Å². The van der Waals surface area contributed by atoms with Gasteiger partial charge < -0.3 is 10.6 Å². The standard InChI is InChI=1S/C23H21FN2O2/c1-15-6-11-21(16(2)12-15)26-23(28)19-5-3-4-18(13-19)22(27)25-14-17-7-9-20(24)10-8-17/h3-13H,14H2,1-2H3,(H,25,27)(H,26,28). The zero-order valence-corrected chi connectivity index (χ0v) is 15.8. The van der Waals surface area contributed by atoms with Crippen LogP contribution in [0.2, 0.25) is 0 Å². The van der Waals surface area contributed by atoms with Gasteiger partial charge in [-0.05, 0) is 61.4 Å². The van der Waals surface area contributed by atoms with Crippen LogP contribution < -0.4 is 10.6 Å². The molecule has 0 radical (unpaired) electrons. The van der Waals surface area contributed by atoms with E-state index in [0.717, 1.165) is 22.4 Å². The van der Waals surface area contributed by atoms with Crippen molar-refractivity contribution in [3.05, 3.63) is 100 Å². The molecule has 0 heterocycles. The van der Waals surface area contributed by atoms with Gasteiger partial charge in [0.25, 0.3) is 11.8 Å². The molecule has 0 aliphatic rings. The Morgan fingerprint density at radius 2 is 1.54 bits per heavy atom. The molecule has 5 heteroatoms. The van der Waals surface area contributed by atoms with Crippen LogP contribution in [-0.4, -0.2) is 11.8 Å². The van der Waals surface area contributed by atoms with Crippen molar-refractivity contribution < 1.29 is 14.0 Å². The molecule has 0 atom stereocenters. The van der Waals surface area contributed by atoms with Gasteiger partial charge in [0.15, 0.2) is 0 Å².